The van der Waals surface area contributed by atoms with Crippen LogP contribution in [-0.2, 0) is 11.2 Å². The highest BCUT2D eigenvalue weighted by atomic mass is 127. The van der Waals surface area contributed by atoms with E-state index in [-0.39, 0.29) is 36.4 Å². The number of halogens is 1. The number of carbonyl (C=O) groups is 1. The highest BCUT2D eigenvalue weighted by Gasteiger charge is 2.24. The first-order valence-corrected chi connectivity index (χ1v) is 10.3. The van der Waals surface area contributed by atoms with Crippen LogP contribution in [0.4, 0.5) is 0 Å². The third-order valence-electron chi connectivity index (χ3n) is 5.33. The van der Waals surface area contributed by atoms with Crippen molar-refractivity contribution in [2.75, 3.05) is 47.4 Å². The Morgan fingerprint density at radius 3 is 2.58 bits per heavy atom. The number of ether oxygens (including phenoxy) is 1. The van der Waals surface area contributed by atoms with Crippen LogP contribution in [0.15, 0.2) is 35.6 Å². The van der Waals surface area contributed by atoms with Crippen molar-refractivity contribution in [3.63, 3.8) is 0 Å². The lowest BCUT2D eigenvalue weighted by Crippen LogP contribution is -2.46. The number of aromatic amines is 1. The Kier molecular flexibility index (Phi) is 10.0. The van der Waals surface area contributed by atoms with Crippen molar-refractivity contribution in [1.82, 2.24) is 30.3 Å². The number of guanidine groups is 1. The summed E-state index contributed by atoms with van der Waals surface area (Å²) in [6, 6.07) is 8.06. The molecule has 0 bridgehead atoms. The molecule has 0 radical (unpaired) electrons. The minimum absolute atomic E-state index is 0. The van der Waals surface area contributed by atoms with E-state index in [9.17, 15) is 4.79 Å². The van der Waals surface area contributed by atoms with Crippen molar-refractivity contribution in [1.29, 1.82) is 0 Å². The molecule has 1 aliphatic rings. The third kappa shape index (κ3) is 7.37. The molecule has 1 saturated heterocycles. The number of hydrogen-bond donors (Lipinski definition) is 2. The maximum Gasteiger partial charge on any atom is 0.243 e. The van der Waals surface area contributed by atoms with E-state index in [1.54, 1.807) is 32.4 Å². The van der Waals surface area contributed by atoms with Gasteiger partial charge in [-0.25, -0.2) is 9.98 Å². The van der Waals surface area contributed by atoms with Gasteiger partial charge in [0.25, 0.3) is 0 Å². The summed E-state index contributed by atoms with van der Waals surface area (Å²) in [5.41, 5.74) is 1.22. The average Bonchev–Trinajstić information content (AvgIpc) is 3.31. The van der Waals surface area contributed by atoms with Gasteiger partial charge < -0.3 is 19.9 Å². The van der Waals surface area contributed by atoms with Gasteiger partial charge in [0, 0.05) is 39.6 Å². The number of nitrogens with one attached hydrogen (secondary N) is 2. The smallest absolute Gasteiger partial charge is 0.243 e. The molecule has 1 aromatic heterocycles. The molecule has 0 spiro atoms. The Bertz CT molecular complexity index is 817. The predicted octanol–water partition coefficient (Wildman–Crippen LogP) is 1.89. The molecule has 2 aromatic rings. The molecule has 0 aliphatic carbocycles. The number of hydrogen-bond acceptors (Lipinski definition) is 5. The minimum atomic E-state index is -0.0130. The number of H-pyrrole nitrogens is 1. The number of benzene rings is 1. The van der Waals surface area contributed by atoms with Gasteiger partial charge in [0.2, 0.25) is 5.91 Å². The molecule has 0 unspecified atom stereocenters. The first kappa shape index (κ1) is 24.9. The number of methoxy groups -OCH3 is 1. The number of likely N-dealkylation sites (tertiary alicyclic amines) is 1. The van der Waals surface area contributed by atoms with Crippen LogP contribution in [0.2, 0.25) is 0 Å². The van der Waals surface area contributed by atoms with E-state index in [2.05, 4.69) is 42.5 Å². The summed E-state index contributed by atoms with van der Waals surface area (Å²) in [7, 11) is 5.16. The molecule has 0 saturated carbocycles. The van der Waals surface area contributed by atoms with Gasteiger partial charge in [-0.3, -0.25) is 9.89 Å². The topological polar surface area (TPSA) is 98.7 Å². The molecular formula is C21H32IN7O2. The predicted molar refractivity (Wildman–Crippen MR) is 131 cm³/mol. The van der Waals surface area contributed by atoms with Crippen molar-refractivity contribution in [2.45, 2.75) is 25.2 Å². The highest BCUT2D eigenvalue weighted by molar-refractivity contribution is 14.0. The van der Waals surface area contributed by atoms with E-state index in [0.717, 1.165) is 56.4 Å². The largest absolute Gasteiger partial charge is 0.497 e. The fourth-order valence-electron chi connectivity index (χ4n) is 3.44. The molecule has 2 N–H and O–H groups in total. The summed E-state index contributed by atoms with van der Waals surface area (Å²) in [6.07, 6.45) is 4.35. The zero-order valence-corrected chi connectivity index (χ0v) is 20.7. The molecule has 10 heteroatoms. The van der Waals surface area contributed by atoms with Crippen LogP contribution in [0.25, 0.3) is 0 Å². The Morgan fingerprint density at radius 1 is 1.29 bits per heavy atom. The van der Waals surface area contributed by atoms with Crippen molar-refractivity contribution in [2.24, 2.45) is 4.99 Å². The molecular weight excluding hydrogens is 509 g/mol. The van der Waals surface area contributed by atoms with Crippen LogP contribution < -0.4 is 10.1 Å². The van der Waals surface area contributed by atoms with Gasteiger partial charge in [0.05, 0.1) is 7.11 Å². The summed E-state index contributed by atoms with van der Waals surface area (Å²) in [5, 5.41) is 10.4. The van der Waals surface area contributed by atoms with Crippen LogP contribution in [0.5, 0.6) is 5.75 Å². The lowest BCUT2D eigenvalue weighted by Gasteiger charge is -2.33. The molecule has 1 aromatic carbocycles. The van der Waals surface area contributed by atoms with Crippen molar-refractivity contribution < 1.29 is 9.53 Å². The molecule has 0 atom stereocenters. The Balaban J connectivity index is 0.00000341. The number of nitrogens with zero attached hydrogens (tertiary/aromatic N) is 5. The second-order valence-corrected chi connectivity index (χ2v) is 7.58. The van der Waals surface area contributed by atoms with E-state index in [0.29, 0.717) is 5.92 Å². The maximum absolute atomic E-state index is 12.0. The van der Waals surface area contributed by atoms with Gasteiger partial charge in [0.1, 0.15) is 24.4 Å². The fourth-order valence-corrected chi connectivity index (χ4v) is 3.44. The summed E-state index contributed by atoms with van der Waals surface area (Å²) in [6.45, 7) is 2.59. The fraction of sp³-hybridized carbons (Fsp3) is 0.524. The third-order valence-corrected chi connectivity index (χ3v) is 5.33. The molecule has 170 valence electrons. The summed E-state index contributed by atoms with van der Waals surface area (Å²) in [5.74, 6) is 2.96. The summed E-state index contributed by atoms with van der Waals surface area (Å²) < 4.78 is 5.21. The van der Waals surface area contributed by atoms with Gasteiger partial charge in [-0.05, 0) is 37.0 Å². The number of likely N-dealkylation sites (N-methyl/N-ethyl adjacent to an activating group) is 1. The molecule has 31 heavy (non-hydrogen) atoms. The first-order chi connectivity index (χ1) is 14.6. The molecule has 9 nitrogen and oxygen atoms in total. The summed E-state index contributed by atoms with van der Waals surface area (Å²) in [4.78, 5) is 24.7. The van der Waals surface area contributed by atoms with Crippen LogP contribution in [0, 0.1) is 0 Å². The van der Waals surface area contributed by atoms with Crippen molar-refractivity contribution >= 4 is 35.8 Å². The number of aliphatic imine (C=N–C) groups is 1. The number of amides is 1. The number of rotatable bonds is 7. The second-order valence-electron chi connectivity index (χ2n) is 7.58. The van der Waals surface area contributed by atoms with Crippen LogP contribution in [0.3, 0.4) is 0 Å². The Hall–Kier alpha value is -2.37. The van der Waals surface area contributed by atoms with Crippen molar-refractivity contribution in [3.05, 3.63) is 42.0 Å². The summed E-state index contributed by atoms with van der Waals surface area (Å²) >= 11 is 0. The van der Waals surface area contributed by atoms with Crippen LogP contribution >= 0.6 is 24.0 Å². The van der Waals surface area contributed by atoms with E-state index >= 15 is 0 Å². The van der Waals surface area contributed by atoms with Gasteiger partial charge in [-0.15, -0.1) is 24.0 Å². The minimum Gasteiger partial charge on any atom is -0.497 e. The quantitative estimate of drug-likeness (QED) is 0.316. The van der Waals surface area contributed by atoms with Gasteiger partial charge in [0.15, 0.2) is 5.96 Å². The second kappa shape index (κ2) is 12.5. The van der Waals surface area contributed by atoms with E-state index in [4.69, 9.17) is 4.74 Å². The van der Waals surface area contributed by atoms with E-state index in [1.807, 2.05) is 12.1 Å². The Labute approximate surface area is 200 Å². The van der Waals surface area contributed by atoms with Crippen LogP contribution in [-0.4, -0.2) is 84.2 Å². The maximum atomic E-state index is 12.0. The van der Waals surface area contributed by atoms with Gasteiger partial charge >= 0.3 is 0 Å². The van der Waals surface area contributed by atoms with Crippen molar-refractivity contribution in [3.8, 4) is 5.75 Å². The number of aromatic nitrogens is 3. The molecule has 1 fully saturated rings. The van der Waals surface area contributed by atoms with Gasteiger partial charge in [-0.1, -0.05) is 12.1 Å². The van der Waals surface area contributed by atoms with E-state index in [1.165, 1.54) is 5.56 Å². The normalized spacial score (nSPS) is 14.7. The van der Waals surface area contributed by atoms with Crippen LogP contribution in [0.1, 0.15) is 30.1 Å². The molecule has 2 heterocycles. The molecule has 1 aliphatic heterocycles. The monoisotopic (exact) mass is 541 g/mol. The number of carbonyl (C=O) groups excluding carboxylic acids is 1. The molecule has 1 amide bonds. The van der Waals surface area contributed by atoms with E-state index < -0.39 is 0 Å². The van der Waals surface area contributed by atoms with Gasteiger partial charge in [-0.2, -0.15) is 5.10 Å². The lowest BCUT2D eigenvalue weighted by atomic mass is 9.96. The average molecular weight is 541 g/mol. The first-order valence-electron chi connectivity index (χ1n) is 10.3. The lowest BCUT2D eigenvalue weighted by molar-refractivity contribution is -0.127. The zero-order chi connectivity index (χ0) is 21.3. The highest BCUT2D eigenvalue weighted by Crippen LogP contribution is 2.25. The zero-order valence-electron chi connectivity index (χ0n) is 18.4. The number of piperidine rings is 1. The Morgan fingerprint density at radius 2 is 2.00 bits per heavy atom. The SMILES string of the molecule is COc1ccc(CCNC(=NCC(=O)N(C)C)N2CCC(c3ncn[nH]3)CC2)cc1.I. The molecule has 3 rings (SSSR count). The standard InChI is InChI=1S/C21H31N7O2.HI/c1-27(2)19(29)14-23-21(22-11-8-16-4-6-18(30-3)7-5-16)28-12-9-17(10-13-28)20-24-15-25-26-20;/h4-7,15,17H,8-14H2,1-3H3,(H,22,23)(H,24,25,26);1H.